The highest BCUT2D eigenvalue weighted by molar-refractivity contribution is 14.1. The molecule has 7 heteroatoms. The van der Waals surface area contributed by atoms with Crippen molar-refractivity contribution in [3.05, 3.63) is 27.6 Å². The first-order valence-corrected chi connectivity index (χ1v) is 8.34. The molecule has 4 nitrogen and oxygen atoms in total. The zero-order valence-electron chi connectivity index (χ0n) is 10.0. The van der Waals surface area contributed by atoms with Gasteiger partial charge in [-0.15, -0.1) is 0 Å². The maximum Gasteiger partial charge on any atom is 0.234 e. The van der Waals surface area contributed by atoms with E-state index in [2.05, 4.69) is 10.0 Å². The van der Waals surface area contributed by atoms with Gasteiger partial charge in [0.15, 0.2) is 0 Å². The maximum absolute atomic E-state index is 13.3. The zero-order valence-corrected chi connectivity index (χ0v) is 13.0. The van der Waals surface area contributed by atoms with Crippen LogP contribution in [-0.4, -0.2) is 27.3 Å². The average molecular weight is 386 g/mol. The summed E-state index contributed by atoms with van der Waals surface area (Å²) in [5.41, 5.74) is 0.283. The second-order valence-corrected chi connectivity index (χ2v) is 6.69. The van der Waals surface area contributed by atoms with Gasteiger partial charge in [-0.2, -0.15) is 0 Å². The summed E-state index contributed by atoms with van der Waals surface area (Å²) < 4.78 is 39.4. The van der Waals surface area contributed by atoms with Crippen LogP contribution in [0.4, 0.5) is 10.1 Å². The molecule has 1 rings (SSSR count). The van der Waals surface area contributed by atoms with Crippen molar-refractivity contribution < 1.29 is 12.8 Å². The van der Waals surface area contributed by atoms with E-state index in [0.717, 1.165) is 13.0 Å². The molecule has 0 amide bonds. The number of benzene rings is 1. The highest BCUT2D eigenvalue weighted by Gasteiger charge is 2.13. The van der Waals surface area contributed by atoms with E-state index in [4.69, 9.17) is 0 Å². The van der Waals surface area contributed by atoms with E-state index >= 15 is 0 Å². The number of sulfonamides is 1. The first-order chi connectivity index (χ1) is 8.46. The highest BCUT2D eigenvalue weighted by Crippen LogP contribution is 2.21. The van der Waals surface area contributed by atoms with E-state index in [0.29, 0.717) is 6.54 Å². The van der Waals surface area contributed by atoms with Gasteiger partial charge in [-0.1, -0.05) is 13.0 Å². The molecule has 0 saturated carbocycles. The van der Waals surface area contributed by atoms with Gasteiger partial charge in [0.1, 0.15) is 5.82 Å². The summed E-state index contributed by atoms with van der Waals surface area (Å²) >= 11 is 1.78. The van der Waals surface area contributed by atoms with Gasteiger partial charge in [0, 0.05) is 6.54 Å². The number of hydrogen-bond acceptors (Lipinski definition) is 3. The predicted molar refractivity (Wildman–Crippen MR) is 79.7 cm³/mol. The minimum atomic E-state index is -3.44. The van der Waals surface area contributed by atoms with Crippen molar-refractivity contribution in [2.45, 2.75) is 13.3 Å². The molecular weight excluding hydrogens is 370 g/mol. The molecule has 102 valence electrons. The van der Waals surface area contributed by atoms with Gasteiger partial charge in [0.05, 0.1) is 15.0 Å². The monoisotopic (exact) mass is 386 g/mol. The second kappa shape index (κ2) is 7.25. The minimum Gasteiger partial charge on any atom is -0.316 e. The SMILES string of the molecule is CCCNCCS(=O)(=O)Nc1cccc(F)c1I. The first-order valence-electron chi connectivity index (χ1n) is 5.61. The zero-order chi connectivity index (χ0) is 13.6. The number of halogens is 2. The lowest BCUT2D eigenvalue weighted by molar-refractivity contribution is 0.595. The Morgan fingerprint density at radius 3 is 2.72 bits per heavy atom. The van der Waals surface area contributed by atoms with E-state index < -0.39 is 15.8 Å². The normalized spacial score (nSPS) is 11.5. The number of anilines is 1. The van der Waals surface area contributed by atoms with Crippen LogP contribution in [0.15, 0.2) is 18.2 Å². The third-order valence-electron chi connectivity index (χ3n) is 2.19. The van der Waals surface area contributed by atoms with Gasteiger partial charge in [0.25, 0.3) is 0 Å². The molecule has 0 aliphatic rings. The van der Waals surface area contributed by atoms with Gasteiger partial charge in [-0.05, 0) is 47.7 Å². The molecule has 0 spiro atoms. The molecule has 18 heavy (non-hydrogen) atoms. The Morgan fingerprint density at radius 2 is 2.06 bits per heavy atom. The summed E-state index contributed by atoms with van der Waals surface area (Å²) in [4.78, 5) is 0. The summed E-state index contributed by atoms with van der Waals surface area (Å²) in [6.45, 7) is 3.18. The molecule has 0 aromatic heterocycles. The molecule has 0 aliphatic heterocycles. The fourth-order valence-electron chi connectivity index (χ4n) is 1.31. The van der Waals surface area contributed by atoms with Crippen LogP contribution in [0.3, 0.4) is 0 Å². The standard InChI is InChI=1S/C11H16FIN2O2S/c1-2-6-14-7-8-18(16,17)15-10-5-3-4-9(12)11(10)13/h3-5,14-15H,2,6-8H2,1H3. The lowest BCUT2D eigenvalue weighted by Gasteiger charge is -2.10. The van der Waals surface area contributed by atoms with Crippen molar-refractivity contribution in [1.82, 2.24) is 5.32 Å². The Labute approximate surface area is 121 Å². The summed E-state index contributed by atoms with van der Waals surface area (Å²) in [7, 11) is -3.44. The lowest BCUT2D eigenvalue weighted by Crippen LogP contribution is -2.27. The van der Waals surface area contributed by atoms with E-state index in [-0.39, 0.29) is 15.0 Å². The summed E-state index contributed by atoms with van der Waals surface area (Å²) in [5.74, 6) is -0.459. The van der Waals surface area contributed by atoms with Gasteiger partial charge in [-0.25, -0.2) is 12.8 Å². The molecule has 0 bridgehead atoms. The topological polar surface area (TPSA) is 58.2 Å². The molecule has 2 N–H and O–H groups in total. The van der Waals surface area contributed by atoms with E-state index in [1.54, 1.807) is 28.7 Å². The Balaban J connectivity index is 2.62. The molecule has 0 heterocycles. The van der Waals surface area contributed by atoms with Gasteiger partial charge in [-0.3, -0.25) is 4.72 Å². The van der Waals surface area contributed by atoms with Gasteiger partial charge >= 0.3 is 0 Å². The van der Waals surface area contributed by atoms with Gasteiger partial charge in [0.2, 0.25) is 10.0 Å². The van der Waals surface area contributed by atoms with Crippen molar-refractivity contribution in [3.8, 4) is 0 Å². The molecule has 0 radical (unpaired) electrons. The Kier molecular flexibility index (Phi) is 6.30. The van der Waals surface area contributed by atoms with Crippen molar-refractivity contribution in [1.29, 1.82) is 0 Å². The van der Waals surface area contributed by atoms with Crippen LogP contribution in [0.5, 0.6) is 0 Å². The molecule has 1 aromatic rings. The quantitative estimate of drug-likeness (QED) is 0.558. The summed E-state index contributed by atoms with van der Waals surface area (Å²) in [6.07, 6.45) is 0.954. The molecule has 0 fully saturated rings. The van der Waals surface area contributed by atoms with Crippen molar-refractivity contribution in [3.63, 3.8) is 0 Å². The average Bonchev–Trinajstić information content (AvgIpc) is 2.31. The molecular formula is C11H16FIN2O2S. The third kappa shape index (κ3) is 5.07. The Hall–Kier alpha value is -0.410. The third-order valence-corrected chi connectivity index (χ3v) is 4.56. The second-order valence-electron chi connectivity index (χ2n) is 3.77. The lowest BCUT2D eigenvalue weighted by atomic mass is 10.3. The number of rotatable bonds is 7. The van der Waals surface area contributed by atoms with Crippen LogP contribution in [-0.2, 0) is 10.0 Å². The molecule has 0 saturated heterocycles. The largest absolute Gasteiger partial charge is 0.316 e. The smallest absolute Gasteiger partial charge is 0.234 e. The van der Waals surface area contributed by atoms with Crippen molar-refractivity contribution in [2.24, 2.45) is 0 Å². The van der Waals surface area contributed by atoms with Crippen LogP contribution < -0.4 is 10.0 Å². The summed E-state index contributed by atoms with van der Waals surface area (Å²) in [5, 5.41) is 3.01. The highest BCUT2D eigenvalue weighted by atomic mass is 127. The Morgan fingerprint density at radius 1 is 1.33 bits per heavy atom. The molecule has 0 unspecified atom stereocenters. The van der Waals surface area contributed by atoms with Crippen molar-refractivity contribution in [2.75, 3.05) is 23.6 Å². The summed E-state index contributed by atoms with van der Waals surface area (Å²) in [6, 6.07) is 4.31. The number of hydrogen-bond donors (Lipinski definition) is 2. The molecule has 0 aliphatic carbocycles. The minimum absolute atomic E-state index is 0.0282. The van der Waals surface area contributed by atoms with Crippen LogP contribution in [0.2, 0.25) is 0 Å². The van der Waals surface area contributed by atoms with Gasteiger partial charge < -0.3 is 5.32 Å². The van der Waals surface area contributed by atoms with E-state index in [9.17, 15) is 12.8 Å². The predicted octanol–water partition coefficient (Wildman–Crippen LogP) is 2.17. The fraction of sp³-hybridized carbons (Fsp3) is 0.455. The molecule has 1 aromatic carbocycles. The number of nitrogens with one attached hydrogen (secondary N) is 2. The fourth-order valence-corrected chi connectivity index (χ4v) is 3.01. The van der Waals surface area contributed by atoms with Crippen LogP contribution in [0.25, 0.3) is 0 Å². The van der Waals surface area contributed by atoms with Crippen LogP contribution in [0.1, 0.15) is 13.3 Å². The van der Waals surface area contributed by atoms with Crippen LogP contribution >= 0.6 is 22.6 Å². The van der Waals surface area contributed by atoms with E-state index in [1.165, 1.54) is 12.1 Å². The first kappa shape index (κ1) is 15.6. The van der Waals surface area contributed by atoms with E-state index in [1.807, 2.05) is 6.92 Å². The van der Waals surface area contributed by atoms with Crippen molar-refractivity contribution >= 4 is 38.3 Å². The molecule has 0 atom stereocenters. The van der Waals surface area contributed by atoms with Crippen LogP contribution in [0, 0.1) is 9.39 Å². The maximum atomic E-state index is 13.3. The Bertz CT molecular complexity index is 494.